The van der Waals surface area contributed by atoms with E-state index in [0.29, 0.717) is 5.91 Å². The number of carbonyl (C=O) groups is 1. The molecule has 1 heterocycles. The van der Waals surface area contributed by atoms with E-state index in [-0.39, 0.29) is 0 Å². The molecule has 0 bridgehead atoms. The Morgan fingerprint density at radius 3 is 2.22 bits per heavy atom. The van der Waals surface area contributed by atoms with Gasteiger partial charge in [0, 0.05) is 19.5 Å². The maximum atomic E-state index is 12.3. The molecule has 0 saturated heterocycles. The van der Waals surface area contributed by atoms with Crippen molar-refractivity contribution >= 4 is 5.91 Å². The second-order valence-electron chi connectivity index (χ2n) is 6.91. The van der Waals surface area contributed by atoms with Crippen LogP contribution in [0, 0.1) is 0 Å². The minimum Gasteiger partial charge on any atom is -0.338 e. The van der Waals surface area contributed by atoms with Gasteiger partial charge in [-0.15, -0.1) is 0 Å². The van der Waals surface area contributed by atoms with E-state index in [1.165, 1.54) is 62.5 Å². The van der Waals surface area contributed by atoms with Gasteiger partial charge in [0.25, 0.3) is 0 Å². The molecule has 0 spiro atoms. The Kier molecular flexibility index (Phi) is 8.20. The summed E-state index contributed by atoms with van der Waals surface area (Å²) in [6, 6.07) is 8.52. The van der Waals surface area contributed by atoms with Crippen molar-refractivity contribution in [3.8, 4) is 0 Å². The van der Waals surface area contributed by atoms with E-state index in [1.54, 1.807) is 0 Å². The lowest BCUT2D eigenvalue weighted by atomic mass is 9.99. The second kappa shape index (κ2) is 10.5. The van der Waals surface area contributed by atoms with Crippen molar-refractivity contribution in [1.29, 1.82) is 0 Å². The Morgan fingerprint density at radius 2 is 1.52 bits per heavy atom. The molecule has 2 heteroatoms. The molecule has 1 aromatic rings. The summed E-state index contributed by atoms with van der Waals surface area (Å²) in [6.07, 6.45) is 13.5. The van der Waals surface area contributed by atoms with Crippen LogP contribution in [0.25, 0.3) is 0 Å². The molecule has 1 aromatic carbocycles. The molecule has 2 nitrogen and oxygen atoms in total. The van der Waals surface area contributed by atoms with Gasteiger partial charge >= 0.3 is 0 Å². The van der Waals surface area contributed by atoms with Gasteiger partial charge in [0.2, 0.25) is 5.91 Å². The molecule has 0 aromatic heterocycles. The van der Waals surface area contributed by atoms with Crippen LogP contribution in [0.3, 0.4) is 0 Å². The number of unbranched alkanes of at least 4 members (excludes halogenated alkanes) is 8. The smallest absolute Gasteiger partial charge is 0.222 e. The van der Waals surface area contributed by atoms with Crippen LogP contribution < -0.4 is 0 Å². The summed E-state index contributed by atoms with van der Waals surface area (Å²) in [7, 11) is 0. The molecular formula is C21H33NO. The first-order valence-corrected chi connectivity index (χ1v) is 9.66. The predicted molar refractivity (Wildman–Crippen MR) is 97.4 cm³/mol. The molecule has 0 atom stereocenters. The molecule has 1 aliphatic heterocycles. The number of nitrogens with zero attached hydrogens (tertiary/aromatic N) is 1. The van der Waals surface area contributed by atoms with Crippen molar-refractivity contribution in [2.24, 2.45) is 0 Å². The highest BCUT2D eigenvalue weighted by Crippen LogP contribution is 2.19. The number of carbonyl (C=O) groups excluding carboxylic acids is 1. The molecule has 0 fully saturated rings. The zero-order valence-corrected chi connectivity index (χ0v) is 14.9. The van der Waals surface area contributed by atoms with Crippen LogP contribution in [-0.4, -0.2) is 17.4 Å². The molecule has 1 aliphatic rings. The van der Waals surface area contributed by atoms with Crippen LogP contribution in [0.15, 0.2) is 24.3 Å². The summed E-state index contributed by atoms with van der Waals surface area (Å²) in [5, 5.41) is 0. The maximum absolute atomic E-state index is 12.3. The first-order valence-electron chi connectivity index (χ1n) is 9.66. The Bertz CT molecular complexity index is 469. The fourth-order valence-corrected chi connectivity index (χ4v) is 3.45. The summed E-state index contributed by atoms with van der Waals surface area (Å²) >= 11 is 0. The van der Waals surface area contributed by atoms with Gasteiger partial charge in [0.05, 0.1) is 0 Å². The number of fused-ring (bicyclic) bond motifs is 1. The van der Waals surface area contributed by atoms with E-state index in [2.05, 4.69) is 31.2 Å². The van der Waals surface area contributed by atoms with E-state index >= 15 is 0 Å². The average molecular weight is 316 g/mol. The molecule has 0 aliphatic carbocycles. The monoisotopic (exact) mass is 315 g/mol. The van der Waals surface area contributed by atoms with Gasteiger partial charge in [-0.25, -0.2) is 0 Å². The SMILES string of the molecule is CCCCCCCCCCCC(=O)N1CCc2ccccc2C1. The lowest BCUT2D eigenvalue weighted by molar-refractivity contribution is -0.132. The molecule has 1 amide bonds. The maximum Gasteiger partial charge on any atom is 0.222 e. The Balaban J connectivity index is 1.54. The minimum atomic E-state index is 0.349. The highest BCUT2D eigenvalue weighted by Gasteiger charge is 2.19. The lowest BCUT2D eigenvalue weighted by Gasteiger charge is -2.29. The first-order chi connectivity index (χ1) is 11.3. The van der Waals surface area contributed by atoms with E-state index in [1.807, 2.05) is 4.90 Å². The lowest BCUT2D eigenvalue weighted by Crippen LogP contribution is -2.35. The number of hydrogen-bond donors (Lipinski definition) is 0. The summed E-state index contributed by atoms with van der Waals surface area (Å²) in [4.78, 5) is 14.4. The number of rotatable bonds is 10. The molecule has 0 saturated carbocycles. The first kappa shape index (κ1) is 18.0. The summed E-state index contributed by atoms with van der Waals surface area (Å²) < 4.78 is 0. The fraction of sp³-hybridized carbons (Fsp3) is 0.667. The van der Waals surface area contributed by atoms with Gasteiger partial charge in [-0.05, 0) is 24.0 Å². The van der Waals surface area contributed by atoms with Crippen LogP contribution >= 0.6 is 0 Å². The van der Waals surface area contributed by atoms with Crippen LogP contribution in [0.5, 0.6) is 0 Å². The fourth-order valence-electron chi connectivity index (χ4n) is 3.45. The molecule has 0 unspecified atom stereocenters. The van der Waals surface area contributed by atoms with E-state index < -0.39 is 0 Å². The third-order valence-corrected chi connectivity index (χ3v) is 4.98. The van der Waals surface area contributed by atoms with Gasteiger partial charge in [-0.1, -0.05) is 82.6 Å². The van der Waals surface area contributed by atoms with Gasteiger partial charge < -0.3 is 4.90 Å². The minimum absolute atomic E-state index is 0.349. The van der Waals surface area contributed by atoms with Gasteiger partial charge in [0.1, 0.15) is 0 Å². The van der Waals surface area contributed by atoms with Crippen LogP contribution in [0.4, 0.5) is 0 Å². The van der Waals surface area contributed by atoms with Gasteiger partial charge in [0.15, 0.2) is 0 Å². The molecule has 0 N–H and O–H groups in total. The third-order valence-electron chi connectivity index (χ3n) is 4.98. The molecular weight excluding hydrogens is 282 g/mol. The third kappa shape index (κ3) is 6.37. The van der Waals surface area contributed by atoms with E-state index in [0.717, 1.165) is 32.4 Å². The van der Waals surface area contributed by atoms with Crippen LogP contribution in [-0.2, 0) is 17.8 Å². The molecule has 128 valence electrons. The van der Waals surface area contributed by atoms with E-state index in [4.69, 9.17) is 0 Å². The summed E-state index contributed by atoms with van der Waals surface area (Å²) in [5.41, 5.74) is 2.75. The second-order valence-corrected chi connectivity index (χ2v) is 6.91. The molecule has 23 heavy (non-hydrogen) atoms. The summed E-state index contributed by atoms with van der Waals surface area (Å²) in [6.45, 7) is 3.97. The van der Waals surface area contributed by atoms with Crippen molar-refractivity contribution in [3.05, 3.63) is 35.4 Å². The zero-order valence-electron chi connectivity index (χ0n) is 14.9. The van der Waals surface area contributed by atoms with Crippen LogP contribution in [0.1, 0.15) is 82.3 Å². The predicted octanol–water partition coefficient (Wildman–Crippen LogP) is 5.49. The van der Waals surface area contributed by atoms with Crippen LogP contribution in [0.2, 0.25) is 0 Å². The quantitative estimate of drug-likeness (QED) is 0.523. The Labute approximate surface area is 142 Å². The van der Waals surface area contributed by atoms with Crippen molar-refractivity contribution in [2.45, 2.75) is 84.1 Å². The number of benzene rings is 1. The Hall–Kier alpha value is -1.31. The standard InChI is InChI=1S/C21H33NO/c1-2-3-4-5-6-7-8-9-10-15-21(23)22-17-16-19-13-11-12-14-20(19)18-22/h11-14H,2-10,15-18H2,1H3. The normalized spacial score (nSPS) is 13.9. The highest BCUT2D eigenvalue weighted by molar-refractivity contribution is 5.76. The Morgan fingerprint density at radius 1 is 0.913 bits per heavy atom. The number of amides is 1. The highest BCUT2D eigenvalue weighted by atomic mass is 16.2. The average Bonchev–Trinajstić information content (AvgIpc) is 2.59. The van der Waals surface area contributed by atoms with Gasteiger partial charge in [-0.2, -0.15) is 0 Å². The van der Waals surface area contributed by atoms with Gasteiger partial charge in [-0.3, -0.25) is 4.79 Å². The topological polar surface area (TPSA) is 20.3 Å². The zero-order chi connectivity index (χ0) is 16.3. The van der Waals surface area contributed by atoms with Crippen molar-refractivity contribution in [1.82, 2.24) is 4.90 Å². The van der Waals surface area contributed by atoms with Crippen molar-refractivity contribution < 1.29 is 4.79 Å². The van der Waals surface area contributed by atoms with Crippen molar-refractivity contribution in [3.63, 3.8) is 0 Å². The molecule has 0 radical (unpaired) electrons. The van der Waals surface area contributed by atoms with Crippen molar-refractivity contribution in [2.75, 3.05) is 6.54 Å². The molecule has 2 rings (SSSR count). The summed E-state index contributed by atoms with van der Waals surface area (Å²) in [5.74, 6) is 0.349. The van der Waals surface area contributed by atoms with E-state index in [9.17, 15) is 4.79 Å². The largest absolute Gasteiger partial charge is 0.338 e. The number of hydrogen-bond acceptors (Lipinski definition) is 1.